The van der Waals surface area contributed by atoms with Crippen molar-refractivity contribution in [2.75, 3.05) is 18.4 Å². The van der Waals surface area contributed by atoms with Crippen molar-refractivity contribution in [3.63, 3.8) is 0 Å². The van der Waals surface area contributed by atoms with Crippen LogP contribution in [0.25, 0.3) is 22.3 Å². The molecule has 1 aliphatic rings. The molecule has 1 fully saturated rings. The van der Waals surface area contributed by atoms with Gasteiger partial charge in [0.2, 0.25) is 0 Å². The summed E-state index contributed by atoms with van der Waals surface area (Å²) >= 11 is 0. The van der Waals surface area contributed by atoms with Crippen LogP contribution in [0.3, 0.4) is 0 Å². The number of aryl methyl sites for hydroxylation is 2. The highest BCUT2D eigenvalue weighted by Gasteiger charge is 2.35. The summed E-state index contributed by atoms with van der Waals surface area (Å²) in [5.74, 6) is -0.372. The molecule has 2 atom stereocenters. The van der Waals surface area contributed by atoms with E-state index in [-0.39, 0.29) is 23.9 Å². The number of H-pyrrole nitrogens is 1. The van der Waals surface area contributed by atoms with Gasteiger partial charge in [0.25, 0.3) is 11.8 Å². The number of carbonyl (C=O) groups excluding carboxylic acids is 2. The van der Waals surface area contributed by atoms with Crippen molar-refractivity contribution in [2.24, 2.45) is 0 Å². The molecule has 6 aromatic rings. The molecule has 2 amide bonds. The first-order valence-electron chi connectivity index (χ1n) is 18.1. The second kappa shape index (κ2) is 15.7. The molecule has 3 N–H and O–H groups in total. The van der Waals surface area contributed by atoms with Gasteiger partial charge in [0.1, 0.15) is 17.7 Å². The molecule has 0 unspecified atom stereocenters. The quantitative estimate of drug-likeness (QED) is 0.117. The topological polar surface area (TPSA) is 129 Å². The molecule has 0 aliphatic carbocycles. The third-order valence-corrected chi connectivity index (χ3v) is 10.2. The first-order valence-corrected chi connectivity index (χ1v) is 18.1. The van der Waals surface area contributed by atoms with Crippen LogP contribution in [0.2, 0.25) is 0 Å². The summed E-state index contributed by atoms with van der Waals surface area (Å²) in [4.78, 5) is 50.7. The fourth-order valence-electron chi connectivity index (χ4n) is 7.45. The number of aromatic amines is 1. The van der Waals surface area contributed by atoms with E-state index in [9.17, 15) is 9.59 Å². The highest BCUT2D eigenvalue weighted by molar-refractivity contribution is 6.06. The molecular formula is C42H44N8O2. The summed E-state index contributed by atoms with van der Waals surface area (Å²) in [6, 6.07) is 25.4. The average molecular weight is 693 g/mol. The Hall–Kier alpha value is -5.74. The number of anilines is 1. The fourth-order valence-corrected chi connectivity index (χ4v) is 7.45. The summed E-state index contributed by atoms with van der Waals surface area (Å²) in [7, 11) is 0. The molecule has 2 aromatic carbocycles. The first-order chi connectivity index (χ1) is 25.4. The molecule has 0 saturated carbocycles. The van der Waals surface area contributed by atoms with Crippen LogP contribution in [0.5, 0.6) is 0 Å². The van der Waals surface area contributed by atoms with Crippen molar-refractivity contribution in [3.8, 4) is 11.3 Å². The van der Waals surface area contributed by atoms with Gasteiger partial charge >= 0.3 is 0 Å². The van der Waals surface area contributed by atoms with E-state index in [0.717, 1.165) is 66.5 Å². The second-order valence-corrected chi connectivity index (χ2v) is 13.5. The number of rotatable bonds is 11. The molecule has 10 heteroatoms. The predicted molar refractivity (Wildman–Crippen MR) is 204 cm³/mol. The number of piperidine rings is 1. The standard InChI is InChI=1S/C42H44N8O2/c1-27-13-11-22-43-37(27)35-19-10-20-36(38-28(2)14-12-23-44-38)50(35)24-8-7-21-45-42(52)34-25-32-39(46-26-47-40(32)48-34)31-17-9-18-33(29(31)3)49-41(51)30-15-5-4-6-16-30/h4-6,9,11-18,22-23,25-26,35-36H,7-8,10,19-21,24H2,1-3H3,(H,45,52)(H,49,51)(H,46,47,48)/t35-,36+. The molecule has 0 spiro atoms. The van der Waals surface area contributed by atoms with Crippen LogP contribution in [0.1, 0.15) is 93.1 Å². The molecule has 52 heavy (non-hydrogen) atoms. The zero-order chi connectivity index (χ0) is 36.0. The second-order valence-electron chi connectivity index (χ2n) is 13.5. The van der Waals surface area contributed by atoms with E-state index in [1.54, 1.807) is 12.1 Å². The molecule has 0 radical (unpaired) electrons. The zero-order valence-electron chi connectivity index (χ0n) is 29.9. The number of hydrogen-bond acceptors (Lipinski definition) is 7. The van der Waals surface area contributed by atoms with Crippen molar-refractivity contribution in [3.05, 3.63) is 137 Å². The van der Waals surface area contributed by atoms with Crippen molar-refractivity contribution >= 4 is 28.5 Å². The van der Waals surface area contributed by atoms with Crippen LogP contribution in [0, 0.1) is 20.8 Å². The Balaban J connectivity index is 1.02. The van der Waals surface area contributed by atoms with E-state index in [1.807, 2.05) is 73.9 Å². The number of likely N-dealkylation sites (tertiary alicyclic amines) is 1. The maximum atomic E-state index is 13.4. The normalized spacial score (nSPS) is 16.1. The molecular weight excluding hydrogens is 649 g/mol. The van der Waals surface area contributed by atoms with Gasteiger partial charge in [0.05, 0.1) is 29.2 Å². The Morgan fingerprint density at radius 2 is 1.50 bits per heavy atom. The molecule has 7 rings (SSSR count). The molecule has 4 aromatic heterocycles. The van der Waals surface area contributed by atoms with Crippen LogP contribution in [-0.2, 0) is 0 Å². The minimum Gasteiger partial charge on any atom is -0.351 e. The van der Waals surface area contributed by atoms with Gasteiger partial charge in [-0.2, -0.15) is 0 Å². The number of fused-ring (bicyclic) bond motifs is 1. The summed E-state index contributed by atoms with van der Waals surface area (Å²) in [5, 5.41) is 6.87. The number of aromatic nitrogens is 5. The van der Waals surface area contributed by atoms with E-state index in [4.69, 9.17) is 9.97 Å². The summed E-state index contributed by atoms with van der Waals surface area (Å²) in [6.45, 7) is 7.67. The average Bonchev–Trinajstić information content (AvgIpc) is 3.62. The summed E-state index contributed by atoms with van der Waals surface area (Å²) in [5.41, 5.74) is 9.40. The number of nitrogens with zero attached hydrogens (tertiary/aromatic N) is 5. The number of unbranched alkanes of at least 4 members (excludes halogenated alkanes) is 1. The number of pyridine rings is 2. The van der Waals surface area contributed by atoms with Crippen molar-refractivity contribution in [1.82, 2.24) is 35.1 Å². The number of benzene rings is 2. The molecule has 1 aliphatic heterocycles. The molecule has 264 valence electrons. The number of carbonyl (C=O) groups is 2. The van der Waals surface area contributed by atoms with Crippen molar-refractivity contribution in [2.45, 2.75) is 65.0 Å². The predicted octanol–water partition coefficient (Wildman–Crippen LogP) is 8.07. The molecule has 10 nitrogen and oxygen atoms in total. The smallest absolute Gasteiger partial charge is 0.267 e. The van der Waals surface area contributed by atoms with Crippen LogP contribution < -0.4 is 10.6 Å². The minimum atomic E-state index is -0.188. The van der Waals surface area contributed by atoms with Crippen molar-refractivity contribution in [1.29, 1.82) is 0 Å². The fraction of sp³-hybridized carbons (Fsp3) is 0.286. The number of amides is 2. The van der Waals surface area contributed by atoms with Gasteiger partial charge < -0.3 is 15.6 Å². The lowest BCUT2D eigenvalue weighted by atomic mass is 9.88. The van der Waals surface area contributed by atoms with E-state index >= 15 is 0 Å². The Morgan fingerprint density at radius 1 is 0.788 bits per heavy atom. The number of nitrogens with one attached hydrogen (secondary N) is 3. The first kappa shape index (κ1) is 34.7. The van der Waals surface area contributed by atoms with E-state index in [2.05, 4.69) is 56.5 Å². The van der Waals surface area contributed by atoms with E-state index < -0.39 is 0 Å². The Morgan fingerprint density at radius 3 is 2.19 bits per heavy atom. The maximum Gasteiger partial charge on any atom is 0.267 e. The third-order valence-electron chi connectivity index (χ3n) is 10.2. The molecule has 5 heterocycles. The Labute approximate surface area is 304 Å². The number of hydrogen-bond donors (Lipinski definition) is 3. The monoisotopic (exact) mass is 692 g/mol. The van der Waals surface area contributed by atoms with Crippen LogP contribution >= 0.6 is 0 Å². The highest BCUT2D eigenvalue weighted by Crippen LogP contribution is 2.42. The molecule has 0 bridgehead atoms. The lowest BCUT2D eigenvalue weighted by Gasteiger charge is -2.42. The van der Waals surface area contributed by atoms with Gasteiger partial charge in [-0.1, -0.05) is 42.5 Å². The van der Waals surface area contributed by atoms with Crippen LogP contribution in [0.4, 0.5) is 5.69 Å². The lowest BCUT2D eigenvalue weighted by Crippen LogP contribution is -2.38. The van der Waals surface area contributed by atoms with Crippen LogP contribution in [0.15, 0.2) is 97.6 Å². The lowest BCUT2D eigenvalue weighted by molar-refractivity contribution is 0.0740. The van der Waals surface area contributed by atoms with Gasteiger partial charge in [-0.3, -0.25) is 24.5 Å². The summed E-state index contributed by atoms with van der Waals surface area (Å²) in [6.07, 6.45) is 10.3. The van der Waals surface area contributed by atoms with E-state index in [0.29, 0.717) is 34.8 Å². The van der Waals surface area contributed by atoms with Gasteiger partial charge in [0, 0.05) is 41.1 Å². The SMILES string of the molecule is Cc1cccnc1[C@H]1CCC[C@@H](c2ncccc2C)N1CCCCNC(=O)c1cc2c(-c3cccc(NC(=O)c4ccccc4)c3C)ncnc2[nH]1. The van der Waals surface area contributed by atoms with Gasteiger partial charge in [-0.25, -0.2) is 9.97 Å². The Kier molecular flexibility index (Phi) is 10.4. The molecule has 1 saturated heterocycles. The van der Waals surface area contributed by atoms with Crippen LogP contribution in [-0.4, -0.2) is 54.7 Å². The summed E-state index contributed by atoms with van der Waals surface area (Å²) < 4.78 is 0. The highest BCUT2D eigenvalue weighted by atomic mass is 16.2. The zero-order valence-corrected chi connectivity index (χ0v) is 29.9. The largest absolute Gasteiger partial charge is 0.351 e. The van der Waals surface area contributed by atoms with Gasteiger partial charge in [-0.15, -0.1) is 0 Å². The van der Waals surface area contributed by atoms with Crippen molar-refractivity contribution < 1.29 is 9.59 Å². The minimum absolute atomic E-state index is 0.184. The van der Waals surface area contributed by atoms with E-state index in [1.165, 1.54) is 17.5 Å². The van der Waals surface area contributed by atoms with Gasteiger partial charge in [0.15, 0.2) is 0 Å². The maximum absolute atomic E-state index is 13.4. The third kappa shape index (κ3) is 7.34. The van der Waals surface area contributed by atoms with Gasteiger partial charge in [-0.05, 0) is 113 Å². The Bertz CT molecular complexity index is 2140.